The molecule has 3 rings (SSSR count). The SMILES string of the molecule is CN(CC1C=C(OC(F)(F)c2ccccc2)N(CC2CCCCC2)N1)C(=O)OC(C)(C)C. The molecule has 1 aromatic carbocycles. The first-order valence-electron chi connectivity index (χ1n) is 11.4. The summed E-state index contributed by atoms with van der Waals surface area (Å²) in [5.41, 5.74) is 2.44. The third-order valence-electron chi connectivity index (χ3n) is 5.62. The van der Waals surface area contributed by atoms with Gasteiger partial charge in [0.1, 0.15) is 5.60 Å². The molecule has 1 aliphatic heterocycles. The largest absolute Gasteiger partial charge is 0.444 e. The molecular formula is C24H35F2N3O3. The van der Waals surface area contributed by atoms with Crippen LogP contribution in [0.15, 0.2) is 42.3 Å². The van der Waals surface area contributed by atoms with Gasteiger partial charge in [0.15, 0.2) is 0 Å². The van der Waals surface area contributed by atoms with Gasteiger partial charge in [-0.25, -0.2) is 10.2 Å². The van der Waals surface area contributed by atoms with E-state index in [0.717, 1.165) is 25.7 Å². The third kappa shape index (κ3) is 6.82. The van der Waals surface area contributed by atoms with Crippen LogP contribution in [0.4, 0.5) is 13.6 Å². The lowest BCUT2D eigenvalue weighted by molar-refractivity contribution is -0.238. The van der Waals surface area contributed by atoms with E-state index in [1.165, 1.54) is 23.5 Å². The summed E-state index contributed by atoms with van der Waals surface area (Å²) < 4.78 is 40.4. The summed E-state index contributed by atoms with van der Waals surface area (Å²) in [4.78, 5) is 13.8. The molecule has 8 heteroatoms. The van der Waals surface area contributed by atoms with Gasteiger partial charge in [-0.3, -0.25) is 5.01 Å². The fraction of sp³-hybridized carbons (Fsp3) is 0.625. The van der Waals surface area contributed by atoms with Crippen molar-refractivity contribution in [2.45, 2.75) is 70.6 Å². The number of halogens is 2. The number of hydrogen-bond acceptors (Lipinski definition) is 5. The number of hydrogen-bond donors (Lipinski definition) is 1. The second-order valence-electron chi connectivity index (χ2n) is 9.70. The zero-order valence-corrected chi connectivity index (χ0v) is 19.4. The molecule has 2 aliphatic rings. The maximum Gasteiger partial charge on any atom is 0.427 e. The molecular weight excluding hydrogens is 416 g/mol. The predicted octanol–water partition coefficient (Wildman–Crippen LogP) is 5.23. The van der Waals surface area contributed by atoms with Crippen molar-refractivity contribution < 1.29 is 23.0 Å². The van der Waals surface area contributed by atoms with Crippen LogP contribution in [0.2, 0.25) is 0 Å². The van der Waals surface area contributed by atoms with E-state index in [-0.39, 0.29) is 24.0 Å². The van der Waals surface area contributed by atoms with E-state index < -0.39 is 17.8 Å². The molecule has 6 nitrogen and oxygen atoms in total. The number of nitrogens with one attached hydrogen (secondary N) is 1. The molecule has 0 bridgehead atoms. The molecule has 1 aromatic rings. The molecule has 0 aromatic heterocycles. The Labute approximate surface area is 189 Å². The molecule has 1 unspecified atom stereocenters. The normalized spacial score (nSPS) is 20.1. The monoisotopic (exact) mass is 451 g/mol. The second-order valence-corrected chi connectivity index (χ2v) is 9.70. The van der Waals surface area contributed by atoms with E-state index in [4.69, 9.17) is 9.47 Å². The summed E-state index contributed by atoms with van der Waals surface area (Å²) in [6, 6.07) is 7.15. The molecule has 0 saturated heterocycles. The third-order valence-corrected chi connectivity index (χ3v) is 5.62. The minimum Gasteiger partial charge on any atom is -0.444 e. The Kier molecular flexibility index (Phi) is 7.64. The highest BCUT2D eigenvalue weighted by Crippen LogP contribution is 2.35. The van der Waals surface area contributed by atoms with E-state index in [1.807, 2.05) is 0 Å². The van der Waals surface area contributed by atoms with Gasteiger partial charge in [-0.05, 0) is 57.7 Å². The van der Waals surface area contributed by atoms with Crippen molar-refractivity contribution in [3.8, 4) is 0 Å². The highest BCUT2D eigenvalue weighted by Gasteiger charge is 2.39. The van der Waals surface area contributed by atoms with Gasteiger partial charge in [0.25, 0.3) is 0 Å². The van der Waals surface area contributed by atoms with E-state index in [2.05, 4.69) is 5.43 Å². The molecule has 178 valence electrons. The molecule has 1 N–H and O–H groups in total. The van der Waals surface area contributed by atoms with Gasteiger partial charge in [-0.2, -0.15) is 8.78 Å². The molecule has 0 radical (unpaired) electrons. The van der Waals surface area contributed by atoms with Gasteiger partial charge in [-0.1, -0.05) is 37.5 Å². The summed E-state index contributed by atoms with van der Waals surface area (Å²) in [5.74, 6) is 0.503. The number of hydrazine groups is 1. The standard InChI is InChI=1S/C24H35F2N3O3/c1-23(2,3)32-22(30)28(4)17-20-15-21(29(27-20)16-18-11-7-5-8-12-18)31-24(25,26)19-13-9-6-10-14-19/h6,9-10,13-15,18,20,27H,5,7-8,11-12,16-17H2,1-4H3. The number of nitrogens with zero attached hydrogens (tertiary/aromatic N) is 2. The Morgan fingerprint density at radius 3 is 2.44 bits per heavy atom. The van der Waals surface area contributed by atoms with Crippen molar-refractivity contribution in [1.82, 2.24) is 15.3 Å². The number of carbonyl (C=O) groups excluding carboxylic acids is 1. The fourth-order valence-electron chi connectivity index (χ4n) is 4.05. The zero-order valence-electron chi connectivity index (χ0n) is 19.4. The van der Waals surface area contributed by atoms with Crippen LogP contribution in [0.1, 0.15) is 58.4 Å². The van der Waals surface area contributed by atoms with Gasteiger partial charge < -0.3 is 14.4 Å². The number of alkyl halides is 2. The van der Waals surface area contributed by atoms with Crippen LogP contribution >= 0.6 is 0 Å². The molecule has 1 aliphatic carbocycles. The summed E-state index contributed by atoms with van der Waals surface area (Å²) in [6.07, 6.45) is 3.37. The van der Waals surface area contributed by atoms with Crippen LogP contribution in [0.3, 0.4) is 0 Å². The summed E-state index contributed by atoms with van der Waals surface area (Å²) in [5, 5.41) is 1.68. The lowest BCUT2D eigenvalue weighted by Gasteiger charge is -2.32. The number of ether oxygens (including phenoxy) is 2. The molecule has 1 atom stereocenters. The first-order valence-corrected chi connectivity index (χ1v) is 11.4. The Bertz CT molecular complexity index is 789. The van der Waals surface area contributed by atoms with Gasteiger partial charge in [0, 0.05) is 20.1 Å². The zero-order chi connectivity index (χ0) is 23.4. The Morgan fingerprint density at radius 1 is 1.16 bits per heavy atom. The molecule has 32 heavy (non-hydrogen) atoms. The van der Waals surface area contributed by atoms with E-state index >= 15 is 0 Å². The Morgan fingerprint density at radius 2 is 1.81 bits per heavy atom. The number of benzene rings is 1. The smallest absolute Gasteiger partial charge is 0.427 e. The maximum absolute atomic E-state index is 14.9. The van der Waals surface area contributed by atoms with Crippen LogP contribution < -0.4 is 5.43 Å². The second kappa shape index (κ2) is 10.1. The van der Waals surface area contributed by atoms with Crippen molar-refractivity contribution in [3.63, 3.8) is 0 Å². The van der Waals surface area contributed by atoms with Crippen molar-refractivity contribution in [3.05, 3.63) is 47.9 Å². The van der Waals surface area contributed by atoms with E-state index in [1.54, 1.807) is 57.1 Å². The number of amides is 1. The average molecular weight is 452 g/mol. The number of likely N-dealkylation sites (N-methyl/N-ethyl adjacent to an activating group) is 1. The first kappa shape index (κ1) is 24.3. The minimum absolute atomic E-state index is 0.0898. The van der Waals surface area contributed by atoms with Crippen LogP contribution in [-0.2, 0) is 15.6 Å². The minimum atomic E-state index is -3.47. The number of rotatable bonds is 7. The first-order chi connectivity index (χ1) is 15.0. The summed E-state index contributed by atoms with van der Waals surface area (Å²) in [7, 11) is 1.63. The Hall–Kier alpha value is -2.35. The van der Waals surface area contributed by atoms with Crippen molar-refractivity contribution in [2.75, 3.05) is 20.1 Å². The van der Waals surface area contributed by atoms with Crippen molar-refractivity contribution in [2.24, 2.45) is 5.92 Å². The van der Waals surface area contributed by atoms with Crippen LogP contribution in [-0.4, -0.2) is 47.8 Å². The predicted molar refractivity (Wildman–Crippen MR) is 119 cm³/mol. The molecule has 1 heterocycles. The highest BCUT2D eigenvalue weighted by atomic mass is 19.3. The van der Waals surface area contributed by atoms with Crippen LogP contribution in [0, 0.1) is 5.92 Å². The van der Waals surface area contributed by atoms with Gasteiger partial charge in [0.2, 0.25) is 5.88 Å². The quantitative estimate of drug-likeness (QED) is 0.615. The fourth-order valence-corrected chi connectivity index (χ4v) is 4.05. The maximum atomic E-state index is 14.9. The Balaban J connectivity index is 1.71. The molecule has 1 fully saturated rings. The van der Waals surface area contributed by atoms with E-state index in [9.17, 15) is 13.6 Å². The topological polar surface area (TPSA) is 54.0 Å². The van der Waals surface area contributed by atoms with Crippen LogP contribution in [0.25, 0.3) is 0 Å². The van der Waals surface area contributed by atoms with Crippen molar-refractivity contribution in [1.29, 1.82) is 0 Å². The lowest BCUT2D eigenvalue weighted by atomic mass is 9.89. The van der Waals surface area contributed by atoms with Crippen molar-refractivity contribution >= 4 is 6.09 Å². The molecule has 1 saturated carbocycles. The van der Waals surface area contributed by atoms with Crippen LogP contribution in [0.5, 0.6) is 0 Å². The average Bonchev–Trinajstić information content (AvgIpc) is 3.08. The highest BCUT2D eigenvalue weighted by molar-refractivity contribution is 5.67. The van der Waals surface area contributed by atoms with E-state index in [0.29, 0.717) is 12.5 Å². The van der Waals surface area contributed by atoms with Gasteiger partial charge >= 0.3 is 12.2 Å². The van der Waals surface area contributed by atoms with Gasteiger partial charge in [0.05, 0.1) is 11.6 Å². The molecule has 1 amide bonds. The summed E-state index contributed by atoms with van der Waals surface area (Å²) >= 11 is 0. The molecule has 0 spiro atoms. The lowest BCUT2D eigenvalue weighted by Crippen LogP contribution is -2.46. The summed E-state index contributed by atoms with van der Waals surface area (Å²) in [6.45, 7) is 6.26. The number of carbonyl (C=O) groups is 1. The van der Waals surface area contributed by atoms with Gasteiger partial charge in [-0.15, -0.1) is 0 Å².